The van der Waals surface area contributed by atoms with E-state index in [1.54, 1.807) is 12.1 Å². The first-order chi connectivity index (χ1) is 11.5. The van der Waals surface area contributed by atoms with Crippen LogP contribution in [-0.4, -0.2) is 20.1 Å². The highest BCUT2D eigenvalue weighted by molar-refractivity contribution is 7.98. The van der Waals surface area contributed by atoms with Crippen molar-refractivity contribution in [1.29, 1.82) is 0 Å². The molecule has 0 amide bonds. The maximum Gasteiger partial charge on any atom is 0.251 e. The number of nitrogens with zero attached hydrogens (tertiary/aromatic N) is 3. The summed E-state index contributed by atoms with van der Waals surface area (Å²) in [6.45, 7) is 3.99. The Morgan fingerprint density at radius 1 is 1.25 bits per heavy atom. The number of aromatic nitrogens is 4. The van der Waals surface area contributed by atoms with Gasteiger partial charge >= 0.3 is 0 Å². The number of thioether (sulfide) groups is 1. The lowest BCUT2D eigenvalue weighted by molar-refractivity contribution is 0.391. The summed E-state index contributed by atoms with van der Waals surface area (Å²) in [6.07, 6.45) is 0. The van der Waals surface area contributed by atoms with Gasteiger partial charge in [-0.3, -0.25) is 4.79 Å². The molecule has 0 aliphatic carbocycles. The van der Waals surface area contributed by atoms with Crippen molar-refractivity contribution in [1.82, 2.24) is 20.1 Å². The molecule has 0 fully saturated rings. The molecule has 0 radical (unpaired) electrons. The maximum absolute atomic E-state index is 11.7. The Hall–Kier alpha value is -2.12. The predicted molar refractivity (Wildman–Crippen MR) is 93.3 cm³/mol. The van der Waals surface area contributed by atoms with Crippen LogP contribution < -0.4 is 5.56 Å². The third-order valence-corrected chi connectivity index (χ3v) is 4.34. The van der Waals surface area contributed by atoms with Gasteiger partial charge in [-0.05, 0) is 30.2 Å². The zero-order chi connectivity index (χ0) is 17.1. The number of rotatable bonds is 5. The summed E-state index contributed by atoms with van der Waals surface area (Å²) >= 11 is 7.21. The molecule has 3 rings (SSSR count). The smallest absolute Gasteiger partial charge is 0.251 e. The zero-order valence-electron chi connectivity index (χ0n) is 13.1. The average Bonchev–Trinajstić information content (AvgIpc) is 3.02. The van der Waals surface area contributed by atoms with Crippen molar-refractivity contribution in [2.45, 2.75) is 30.7 Å². The van der Waals surface area contributed by atoms with Gasteiger partial charge in [0.15, 0.2) is 5.16 Å². The second-order valence-corrected chi connectivity index (χ2v) is 6.84. The lowest BCUT2D eigenvalue weighted by Gasteiger charge is -2.05. The predicted octanol–water partition coefficient (Wildman–Crippen LogP) is 3.89. The van der Waals surface area contributed by atoms with Gasteiger partial charge in [0, 0.05) is 16.7 Å². The van der Waals surface area contributed by atoms with Crippen LogP contribution in [0.25, 0.3) is 11.4 Å². The third-order valence-electron chi connectivity index (χ3n) is 3.23. The van der Waals surface area contributed by atoms with E-state index in [0.29, 0.717) is 27.6 Å². The largest absolute Gasteiger partial charge is 0.338 e. The molecule has 0 spiro atoms. The van der Waals surface area contributed by atoms with Crippen LogP contribution >= 0.6 is 23.4 Å². The van der Waals surface area contributed by atoms with Crippen LogP contribution in [0.3, 0.4) is 0 Å². The number of H-pyrrole nitrogens is 1. The fourth-order valence-electron chi connectivity index (χ4n) is 1.98. The normalized spacial score (nSPS) is 11.2. The van der Waals surface area contributed by atoms with Crippen molar-refractivity contribution in [3.05, 3.63) is 57.3 Å². The Balaban J connectivity index is 1.72. The molecule has 0 aliphatic heterocycles. The monoisotopic (exact) mass is 362 g/mol. The van der Waals surface area contributed by atoms with E-state index in [-0.39, 0.29) is 11.5 Å². The standard InChI is InChI=1S/C16H15ClN4O2S/c1-9(2)12-7-13(22)19-16(18-12)24-8-14-20-15(21-23-14)10-3-5-11(17)6-4-10/h3-7,9H,8H2,1-2H3,(H,18,19,22). The molecule has 1 aromatic carbocycles. The molecule has 0 unspecified atom stereocenters. The molecule has 3 aromatic rings. The van der Waals surface area contributed by atoms with Gasteiger partial charge in [-0.1, -0.05) is 42.4 Å². The van der Waals surface area contributed by atoms with Gasteiger partial charge in [-0.15, -0.1) is 0 Å². The topological polar surface area (TPSA) is 84.7 Å². The maximum atomic E-state index is 11.7. The first-order valence-electron chi connectivity index (χ1n) is 7.34. The summed E-state index contributed by atoms with van der Waals surface area (Å²) in [4.78, 5) is 23.2. The van der Waals surface area contributed by atoms with E-state index >= 15 is 0 Å². The minimum atomic E-state index is -0.163. The lowest BCUT2D eigenvalue weighted by atomic mass is 10.1. The Kier molecular flexibility index (Phi) is 5.01. The van der Waals surface area contributed by atoms with E-state index in [4.69, 9.17) is 16.1 Å². The van der Waals surface area contributed by atoms with Gasteiger partial charge in [0.25, 0.3) is 5.56 Å². The van der Waals surface area contributed by atoms with E-state index in [1.807, 2.05) is 26.0 Å². The Labute approximate surface area is 147 Å². The molecule has 0 aliphatic rings. The fraction of sp³-hybridized carbons (Fsp3) is 0.250. The van der Waals surface area contributed by atoms with Crippen molar-refractivity contribution in [2.75, 3.05) is 0 Å². The third kappa shape index (κ3) is 4.04. The van der Waals surface area contributed by atoms with Crippen LogP contribution in [0.2, 0.25) is 5.02 Å². The molecule has 6 nitrogen and oxygen atoms in total. The van der Waals surface area contributed by atoms with Crippen LogP contribution in [0, 0.1) is 0 Å². The first kappa shape index (κ1) is 16.7. The molecule has 2 aromatic heterocycles. The lowest BCUT2D eigenvalue weighted by Crippen LogP contribution is -2.10. The number of hydrogen-bond donors (Lipinski definition) is 1. The van der Waals surface area contributed by atoms with Crippen LogP contribution in [-0.2, 0) is 5.75 Å². The number of aromatic amines is 1. The molecule has 1 N–H and O–H groups in total. The fourth-order valence-corrected chi connectivity index (χ4v) is 2.82. The van der Waals surface area contributed by atoms with E-state index in [9.17, 15) is 4.79 Å². The van der Waals surface area contributed by atoms with Crippen molar-refractivity contribution in [3.63, 3.8) is 0 Å². The highest BCUT2D eigenvalue weighted by Crippen LogP contribution is 2.22. The summed E-state index contributed by atoms with van der Waals surface area (Å²) in [5.74, 6) is 1.57. The van der Waals surface area contributed by atoms with Crippen molar-refractivity contribution >= 4 is 23.4 Å². The molecular weight excluding hydrogens is 348 g/mol. The molecule has 2 heterocycles. The highest BCUT2D eigenvalue weighted by atomic mass is 35.5. The quantitative estimate of drug-likeness (QED) is 0.547. The number of benzene rings is 1. The van der Waals surface area contributed by atoms with Crippen molar-refractivity contribution in [3.8, 4) is 11.4 Å². The van der Waals surface area contributed by atoms with Crippen LogP contribution in [0.4, 0.5) is 0 Å². The van der Waals surface area contributed by atoms with Crippen LogP contribution in [0.15, 0.2) is 44.8 Å². The van der Waals surface area contributed by atoms with Gasteiger partial charge in [-0.25, -0.2) is 4.98 Å². The Morgan fingerprint density at radius 2 is 2.00 bits per heavy atom. The van der Waals surface area contributed by atoms with Gasteiger partial charge in [-0.2, -0.15) is 4.98 Å². The van der Waals surface area contributed by atoms with Gasteiger partial charge in [0.05, 0.1) is 11.4 Å². The summed E-state index contributed by atoms with van der Waals surface area (Å²) in [6, 6.07) is 8.71. The second kappa shape index (κ2) is 7.19. The van der Waals surface area contributed by atoms with Crippen molar-refractivity contribution < 1.29 is 4.52 Å². The zero-order valence-corrected chi connectivity index (χ0v) is 14.7. The molecule has 0 bridgehead atoms. The Bertz CT molecular complexity index is 890. The van der Waals surface area contributed by atoms with E-state index in [0.717, 1.165) is 11.3 Å². The summed E-state index contributed by atoms with van der Waals surface area (Å²) < 4.78 is 5.24. The minimum Gasteiger partial charge on any atom is -0.338 e. The first-order valence-corrected chi connectivity index (χ1v) is 8.70. The molecule has 0 saturated carbocycles. The van der Waals surface area contributed by atoms with Crippen LogP contribution in [0.5, 0.6) is 0 Å². The molecule has 24 heavy (non-hydrogen) atoms. The SMILES string of the molecule is CC(C)c1cc(=O)[nH]c(SCc2nc(-c3ccc(Cl)cc3)no2)n1. The minimum absolute atomic E-state index is 0.163. The molecule has 0 atom stereocenters. The number of hydrogen-bond acceptors (Lipinski definition) is 6. The van der Waals surface area contributed by atoms with E-state index in [2.05, 4.69) is 20.1 Å². The van der Waals surface area contributed by atoms with E-state index < -0.39 is 0 Å². The van der Waals surface area contributed by atoms with E-state index in [1.165, 1.54) is 17.8 Å². The second-order valence-electron chi connectivity index (χ2n) is 5.44. The Morgan fingerprint density at radius 3 is 2.71 bits per heavy atom. The molecule has 124 valence electrons. The number of nitrogens with one attached hydrogen (secondary N) is 1. The highest BCUT2D eigenvalue weighted by Gasteiger charge is 2.11. The van der Waals surface area contributed by atoms with Gasteiger partial charge < -0.3 is 9.51 Å². The average molecular weight is 363 g/mol. The summed E-state index contributed by atoms with van der Waals surface area (Å²) in [5, 5.41) is 5.15. The molecule has 8 heteroatoms. The summed E-state index contributed by atoms with van der Waals surface area (Å²) in [5.41, 5.74) is 1.42. The number of halogens is 1. The van der Waals surface area contributed by atoms with Gasteiger partial charge in [0.2, 0.25) is 11.7 Å². The summed E-state index contributed by atoms with van der Waals surface area (Å²) in [7, 11) is 0. The van der Waals surface area contributed by atoms with Crippen molar-refractivity contribution in [2.24, 2.45) is 0 Å². The van der Waals surface area contributed by atoms with Crippen LogP contribution in [0.1, 0.15) is 31.4 Å². The molecule has 0 saturated heterocycles. The molecular formula is C16H15ClN4O2S. The van der Waals surface area contributed by atoms with Gasteiger partial charge in [0.1, 0.15) is 0 Å².